The Balaban J connectivity index is 1.76. The molecule has 118 valence electrons. The molecule has 0 aliphatic carbocycles. The zero-order valence-electron chi connectivity index (χ0n) is 13.0. The highest BCUT2D eigenvalue weighted by Crippen LogP contribution is 2.30. The van der Waals surface area contributed by atoms with Gasteiger partial charge in [-0.05, 0) is 35.9 Å². The van der Waals surface area contributed by atoms with Gasteiger partial charge in [-0.2, -0.15) is 0 Å². The van der Waals surface area contributed by atoms with Crippen LogP contribution in [-0.2, 0) is 6.61 Å². The minimum Gasteiger partial charge on any atom is -0.474 e. The second-order valence-electron chi connectivity index (χ2n) is 5.63. The van der Waals surface area contributed by atoms with Crippen molar-refractivity contribution in [1.29, 1.82) is 0 Å². The van der Waals surface area contributed by atoms with Gasteiger partial charge in [0.2, 0.25) is 0 Å². The van der Waals surface area contributed by atoms with Crippen molar-refractivity contribution in [2.75, 3.05) is 0 Å². The van der Waals surface area contributed by atoms with Crippen LogP contribution < -0.4 is 4.74 Å². The van der Waals surface area contributed by atoms with Crippen LogP contribution >= 0.6 is 0 Å². The van der Waals surface area contributed by atoms with E-state index in [0.29, 0.717) is 6.61 Å². The molecule has 4 rings (SSSR count). The fourth-order valence-corrected chi connectivity index (χ4v) is 2.82. The predicted octanol–water partition coefficient (Wildman–Crippen LogP) is 5.35. The molecule has 0 bridgehead atoms. The number of halogens is 1. The lowest BCUT2D eigenvalue weighted by Crippen LogP contribution is -2.02. The molecule has 0 radical (unpaired) electrons. The molecule has 0 amide bonds. The lowest BCUT2D eigenvalue weighted by molar-refractivity contribution is 0.290. The summed E-state index contributed by atoms with van der Waals surface area (Å²) in [6.07, 6.45) is 0. The van der Waals surface area contributed by atoms with Gasteiger partial charge in [0.05, 0.1) is 5.52 Å². The van der Waals surface area contributed by atoms with Gasteiger partial charge in [0, 0.05) is 17.1 Å². The van der Waals surface area contributed by atoms with Crippen molar-refractivity contribution in [1.82, 2.24) is 4.57 Å². The Labute approximate surface area is 139 Å². The average molecular weight is 317 g/mol. The molecule has 1 heterocycles. The highest BCUT2D eigenvalue weighted by atomic mass is 19.1. The predicted molar refractivity (Wildman–Crippen MR) is 94.0 cm³/mol. The van der Waals surface area contributed by atoms with Crippen LogP contribution in [0, 0.1) is 5.82 Å². The van der Waals surface area contributed by atoms with Crippen LogP contribution in [0.3, 0.4) is 0 Å². The SMILES string of the molecule is Fc1ccc(-n2c(OCc3ccccc3)cc3ccccc32)cc1. The molecule has 0 atom stereocenters. The van der Waals surface area contributed by atoms with E-state index in [1.165, 1.54) is 12.1 Å². The van der Waals surface area contributed by atoms with Gasteiger partial charge in [-0.25, -0.2) is 4.39 Å². The summed E-state index contributed by atoms with van der Waals surface area (Å²) in [4.78, 5) is 0. The summed E-state index contributed by atoms with van der Waals surface area (Å²) >= 11 is 0. The summed E-state index contributed by atoms with van der Waals surface area (Å²) in [5, 5.41) is 1.09. The number of rotatable bonds is 4. The first-order valence-corrected chi connectivity index (χ1v) is 7.84. The Bertz CT molecular complexity index is 958. The van der Waals surface area contributed by atoms with E-state index in [0.717, 1.165) is 28.0 Å². The topological polar surface area (TPSA) is 14.2 Å². The monoisotopic (exact) mass is 317 g/mol. The van der Waals surface area contributed by atoms with E-state index in [4.69, 9.17) is 4.74 Å². The summed E-state index contributed by atoms with van der Waals surface area (Å²) < 4.78 is 21.3. The highest BCUT2D eigenvalue weighted by molar-refractivity contribution is 5.84. The molecule has 0 unspecified atom stereocenters. The zero-order valence-corrected chi connectivity index (χ0v) is 13.0. The van der Waals surface area contributed by atoms with Crippen LogP contribution in [0.15, 0.2) is 84.9 Å². The number of benzene rings is 3. The van der Waals surface area contributed by atoms with Crippen LogP contribution in [0.4, 0.5) is 4.39 Å². The zero-order chi connectivity index (χ0) is 16.4. The third kappa shape index (κ3) is 2.76. The van der Waals surface area contributed by atoms with E-state index in [-0.39, 0.29) is 5.82 Å². The second-order valence-corrected chi connectivity index (χ2v) is 5.63. The van der Waals surface area contributed by atoms with Crippen LogP contribution in [-0.4, -0.2) is 4.57 Å². The van der Waals surface area contributed by atoms with Crippen LogP contribution in [0.1, 0.15) is 5.56 Å². The molecule has 24 heavy (non-hydrogen) atoms. The third-order valence-electron chi connectivity index (χ3n) is 3.99. The molecular weight excluding hydrogens is 301 g/mol. The maximum atomic E-state index is 13.3. The molecular formula is C21H16FNO. The van der Waals surface area contributed by atoms with Crippen molar-refractivity contribution < 1.29 is 9.13 Å². The normalized spacial score (nSPS) is 10.9. The Morgan fingerprint density at radius 2 is 1.50 bits per heavy atom. The van der Waals surface area contributed by atoms with Crippen molar-refractivity contribution in [2.45, 2.75) is 6.61 Å². The van der Waals surface area contributed by atoms with Crippen LogP contribution in [0.2, 0.25) is 0 Å². The molecule has 1 aromatic heterocycles. The molecule has 0 spiro atoms. The van der Waals surface area contributed by atoms with E-state index in [2.05, 4.69) is 0 Å². The highest BCUT2D eigenvalue weighted by Gasteiger charge is 2.11. The molecule has 0 fully saturated rings. The van der Waals surface area contributed by atoms with Gasteiger partial charge in [0.25, 0.3) is 0 Å². The first-order valence-electron chi connectivity index (χ1n) is 7.84. The summed E-state index contributed by atoms with van der Waals surface area (Å²) in [5.74, 6) is 0.494. The first-order chi connectivity index (χ1) is 11.8. The molecule has 0 saturated heterocycles. The van der Waals surface area contributed by atoms with Crippen LogP contribution in [0.5, 0.6) is 5.88 Å². The van der Waals surface area contributed by atoms with Crippen LogP contribution in [0.25, 0.3) is 16.6 Å². The second kappa shape index (κ2) is 6.20. The minimum absolute atomic E-state index is 0.248. The van der Waals surface area contributed by atoms with E-state index in [1.54, 1.807) is 12.1 Å². The number of aromatic nitrogens is 1. The third-order valence-corrected chi connectivity index (χ3v) is 3.99. The van der Waals surface area contributed by atoms with Gasteiger partial charge < -0.3 is 4.74 Å². The average Bonchev–Trinajstić information content (AvgIpc) is 3.00. The summed E-state index contributed by atoms with van der Waals surface area (Å²) in [6, 6.07) is 26.6. The number of ether oxygens (including phenoxy) is 1. The lowest BCUT2D eigenvalue weighted by atomic mass is 10.2. The van der Waals surface area contributed by atoms with E-state index in [9.17, 15) is 4.39 Å². The van der Waals surface area contributed by atoms with Gasteiger partial charge in [0.1, 0.15) is 12.4 Å². The quantitative estimate of drug-likeness (QED) is 0.495. The summed E-state index contributed by atoms with van der Waals surface area (Å²) in [7, 11) is 0. The summed E-state index contributed by atoms with van der Waals surface area (Å²) in [5.41, 5.74) is 3.02. The maximum absolute atomic E-state index is 13.3. The maximum Gasteiger partial charge on any atom is 0.199 e. The molecule has 4 aromatic rings. The van der Waals surface area contributed by atoms with Crippen molar-refractivity contribution in [2.24, 2.45) is 0 Å². The van der Waals surface area contributed by atoms with Gasteiger partial charge in [0.15, 0.2) is 5.88 Å². The van der Waals surface area contributed by atoms with Crippen molar-refractivity contribution in [3.8, 4) is 11.6 Å². The van der Waals surface area contributed by atoms with Gasteiger partial charge >= 0.3 is 0 Å². The fraction of sp³-hybridized carbons (Fsp3) is 0.0476. The largest absolute Gasteiger partial charge is 0.474 e. The number of hydrogen-bond acceptors (Lipinski definition) is 1. The van der Waals surface area contributed by atoms with Gasteiger partial charge in [-0.1, -0.05) is 48.5 Å². The molecule has 2 nitrogen and oxygen atoms in total. The molecule has 3 heteroatoms. The Kier molecular flexibility index (Phi) is 3.75. The van der Waals surface area contributed by atoms with Crippen molar-refractivity contribution in [3.05, 3.63) is 96.3 Å². The smallest absolute Gasteiger partial charge is 0.199 e. The number of hydrogen-bond donors (Lipinski definition) is 0. The van der Waals surface area contributed by atoms with E-state index < -0.39 is 0 Å². The Hall–Kier alpha value is -3.07. The molecule has 0 N–H and O–H groups in total. The van der Waals surface area contributed by atoms with E-state index >= 15 is 0 Å². The standard InChI is InChI=1S/C21H16FNO/c22-18-10-12-19(13-11-18)23-20-9-5-4-8-17(20)14-21(23)24-15-16-6-2-1-3-7-16/h1-14H,15H2. The van der Waals surface area contributed by atoms with E-state index in [1.807, 2.05) is 65.2 Å². The molecule has 0 aliphatic rings. The number of para-hydroxylation sites is 1. The number of nitrogens with zero attached hydrogens (tertiary/aromatic N) is 1. The molecule has 3 aromatic carbocycles. The first kappa shape index (κ1) is 14.5. The Morgan fingerprint density at radius 1 is 0.792 bits per heavy atom. The van der Waals surface area contributed by atoms with Crippen molar-refractivity contribution in [3.63, 3.8) is 0 Å². The fourth-order valence-electron chi connectivity index (χ4n) is 2.82. The molecule has 0 aliphatic heterocycles. The van der Waals surface area contributed by atoms with Crippen molar-refractivity contribution >= 4 is 10.9 Å². The lowest BCUT2D eigenvalue weighted by Gasteiger charge is -2.12. The number of fused-ring (bicyclic) bond motifs is 1. The van der Waals surface area contributed by atoms with Gasteiger partial charge in [-0.3, -0.25) is 4.57 Å². The Morgan fingerprint density at radius 3 is 2.29 bits per heavy atom. The molecule has 0 saturated carbocycles. The summed E-state index contributed by atoms with van der Waals surface area (Å²) in [6.45, 7) is 0.484. The van der Waals surface area contributed by atoms with Gasteiger partial charge in [-0.15, -0.1) is 0 Å². The minimum atomic E-state index is -0.248.